The molecule has 0 atom stereocenters. The quantitative estimate of drug-likeness (QED) is 0.471. The van der Waals surface area contributed by atoms with Gasteiger partial charge in [-0.15, -0.1) is 0 Å². The molecule has 1 N–H and O–H groups in total. The fraction of sp³-hybridized carbons (Fsp3) is 0.0400. The first-order chi connectivity index (χ1) is 12.9. The molecule has 1 nitrogen and oxygen atoms in total. The Balaban J connectivity index is 0.000000152. The van der Waals surface area contributed by atoms with E-state index >= 15 is 0 Å². The summed E-state index contributed by atoms with van der Waals surface area (Å²) in [6.45, 7) is 0.0884. The van der Waals surface area contributed by atoms with Gasteiger partial charge < -0.3 is 5.11 Å². The Morgan fingerprint density at radius 1 is 0.423 bits per heavy atom. The minimum atomic E-state index is 0.0884. The second-order valence-corrected chi connectivity index (χ2v) is 5.91. The van der Waals surface area contributed by atoms with E-state index in [1.54, 1.807) is 0 Å². The van der Waals surface area contributed by atoms with Crippen LogP contribution in [0.1, 0.15) is 5.56 Å². The fourth-order valence-electron chi connectivity index (χ4n) is 2.82. The molecule has 0 aliphatic heterocycles. The smallest absolute Gasteiger partial charge is 0.0687 e. The van der Waals surface area contributed by atoms with E-state index in [4.69, 9.17) is 0 Å². The van der Waals surface area contributed by atoms with Crippen molar-refractivity contribution >= 4 is 0 Å². The summed E-state index contributed by atoms with van der Waals surface area (Å²) < 4.78 is 0. The third-order valence-electron chi connectivity index (χ3n) is 4.15. The maximum atomic E-state index is 9.18. The Bertz CT molecular complexity index is 863. The predicted octanol–water partition coefficient (Wildman–Crippen LogP) is 6.20. The van der Waals surface area contributed by atoms with Crippen molar-refractivity contribution in [1.29, 1.82) is 0 Å². The molecule has 0 aliphatic carbocycles. The minimum Gasteiger partial charge on any atom is -0.392 e. The average molecular weight is 338 g/mol. The van der Waals surface area contributed by atoms with Crippen molar-refractivity contribution in [3.63, 3.8) is 0 Å². The monoisotopic (exact) mass is 338 g/mol. The maximum Gasteiger partial charge on any atom is 0.0687 e. The van der Waals surface area contributed by atoms with Gasteiger partial charge in [-0.25, -0.2) is 0 Å². The van der Waals surface area contributed by atoms with Gasteiger partial charge in [0.05, 0.1) is 6.61 Å². The molecule has 1 heteroatoms. The number of hydrogen-bond acceptors (Lipinski definition) is 1. The van der Waals surface area contributed by atoms with E-state index in [2.05, 4.69) is 60.7 Å². The van der Waals surface area contributed by atoms with Crippen LogP contribution in [-0.2, 0) is 6.61 Å². The van der Waals surface area contributed by atoms with Gasteiger partial charge in [-0.05, 0) is 27.8 Å². The molecule has 0 saturated heterocycles. The Kier molecular flexibility index (Phi) is 6.35. The van der Waals surface area contributed by atoms with Gasteiger partial charge >= 0.3 is 0 Å². The zero-order valence-corrected chi connectivity index (χ0v) is 14.6. The van der Waals surface area contributed by atoms with Crippen molar-refractivity contribution in [3.8, 4) is 22.3 Å². The summed E-state index contributed by atoms with van der Waals surface area (Å²) in [5, 5.41) is 9.18. The maximum absolute atomic E-state index is 9.18. The molecule has 128 valence electrons. The lowest BCUT2D eigenvalue weighted by Gasteiger charge is -2.06. The second kappa shape index (κ2) is 9.36. The highest BCUT2D eigenvalue weighted by Crippen LogP contribution is 2.23. The van der Waals surface area contributed by atoms with Gasteiger partial charge in [0.1, 0.15) is 0 Å². The van der Waals surface area contributed by atoms with Gasteiger partial charge in [0.15, 0.2) is 0 Å². The summed E-state index contributed by atoms with van der Waals surface area (Å²) in [4.78, 5) is 0. The van der Waals surface area contributed by atoms with Crippen LogP contribution in [0.4, 0.5) is 0 Å². The summed E-state index contributed by atoms with van der Waals surface area (Å²) >= 11 is 0. The van der Waals surface area contributed by atoms with Crippen LogP contribution in [0.3, 0.4) is 0 Å². The number of hydrogen-bond donors (Lipinski definition) is 1. The van der Waals surface area contributed by atoms with Crippen molar-refractivity contribution in [2.75, 3.05) is 0 Å². The number of aliphatic hydroxyl groups excluding tert-OH is 1. The topological polar surface area (TPSA) is 20.2 Å². The van der Waals surface area contributed by atoms with Crippen molar-refractivity contribution in [2.24, 2.45) is 0 Å². The molecule has 4 rings (SSSR count). The van der Waals surface area contributed by atoms with E-state index < -0.39 is 0 Å². The van der Waals surface area contributed by atoms with Crippen molar-refractivity contribution in [2.45, 2.75) is 6.61 Å². The van der Waals surface area contributed by atoms with E-state index in [-0.39, 0.29) is 6.61 Å². The van der Waals surface area contributed by atoms with Crippen molar-refractivity contribution in [3.05, 3.63) is 121 Å². The van der Waals surface area contributed by atoms with Gasteiger partial charge in [-0.3, -0.25) is 0 Å². The highest BCUT2D eigenvalue weighted by molar-refractivity contribution is 5.67. The zero-order chi connectivity index (χ0) is 18.0. The predicted molar refractivity (Wildman–Crippen MR) is 110 cm³/mol. The number of rotatable bonds is 3. The molecule has 4 aromatic carbocycles. The first-order valence-electron chi connectivity index (χ1n) is 8.73. The Hall–Kier alpha value is -3.16. The van der Waals surface area contributed by atoms with E-state index in [0.29, 0.717) is 0 Å². The standard InChI is InChI=1S/C13H12O.C12H10/c14-10-12-8-4-5-9-13(12)11-6-2-1-3-7-11;1-3-7-11(8-4-1)12-9-5-2-6-10-12/h1-9,14H,10H2;1-10H. The van der Waals surface area contributed by atoms with Crippen LogP contribution in [0.15, 0.2) is 115 Å². The lowest BCUT2D eigenvalue weighted by molar-refractivity contribution is 0.282. The molecule has 0 spiro atoms. The van der Waals surface area contributed by atoms with E-state index in [1.807, 2.05) is 54.6 Å². The Morgan fingerprint density at radius 3 is 1.27 bits per heavy atom. The van der Waals surface area contributed by atoms with Crippen molar-refractivity contribution < 1.29 is 5.11 Å². The van der Waals surface area contributed by atoms with Crippen LogP contribution in [0.25, 0.3) is 22.3 Å². The molecule has 0 heterocycles. The highest BCUT2D eigenvalue weighted by atomic mass is 16.3. The van der Waals surface area contributed by atoms with Crippen LogP contribution in [0.5, 0.6) is 0 Å². The minimum absolute atomic E-state index is 0.0884. The second-order valence-electron chi connectivity index (χ2n) is 5.91. The molecular formula is C25H22O. The van der Waals surface area contributed by atoms with Crippen LogP contribution in [-0.4, -0.2) is 5.11 Å². The first-order valence-corrected chi connectivity index (χ1v) is 8.73. The van der Waals surface area contributed by atoms with E-state index in [9.17, 15) is 5.11 Å². The molecule has 0 unspecified atom stereocenters. The summed E-state index contributed by atoms with van der Waals surface area (Å²) in [6, 6.07) is 38.8. The Morgan fingerprint density at radius 2 is 0.808 bits per heavy atom. The molecule has 0 amide bonds. The molecule has 0 saturated carbocycles. The van der Waals surface area contributed by atoms with Gasteiger partial charge in [0, 0.05) is 0 Å². The molecule has 0 fully saturated rings. The van der Waals surface area contributed by atoms with Crippen molar-refractivity contribution in [1.82, 2.24) is 0 Å². The summed E-state index contributed by atoms with van der Waals surface area (Å²) in [5.74, 6) is 0. The highest BCUT2D eigenvalue weighted by Gasteiger charge is 2.01. The van der Waals surface area contributed by atoms with Crippen LogP contribution in [0, 0.1) is 0 Å². The number of benzene rings is 4. The largest absolute Gasteiger partial charge is 0.392 e. The molecule has 0 aromatic heterocycles. The number of aliphatic hydroxyl groups is 1. The summed E-state index contributed by atoms with van der Waals surface area (Å²) in [6.07, 6.45) is 0. The molecule has 0 bridgehead atoms. The van der Waals surface area contributed by atoms with E-state index in [1.165, 1.54) is 11.1 Å². The SMILES string of the molecule is OCc1ccccc1-c1ccccc1.c1ccc(-c2ccccc2)cc1. The normalized spacial score (nSPS) is 9.88. The molecule has 0 radical (unpaired) electrons. The van der Waals surface area contributed by atoms with Crippen LogP contribution < -0.4 is 0 Å². The lowest BCUT2D eigenvalue weighted by atomic mass is 10.0. The van der Waals surface area contributed by atoms with Gasteiger partial charge in [-0.2, -0.15) is 0 Å². The van der Waals surface area contributed by atoms with E-state index in [0.717, 1.165) is 16.7 Å². The average Bonchev–Trinajstić information content (AvgIpc) is 2.76. The first kappa shape index (κ1) is 17.7. The fourth-order valence-corrected chi connectivity index (χ4v) is 2.82. The molecule has 26 heavy (non-hydrogen) atoms. The molecule has 0 aliphatic rings. The van der Waals surface area contributed by atoms with Gasteiger partial charge in [0.2, 0.25) is 0 Å². The molecular weight excluding hydrogens is 316 g/mol. The van der Waals surface area contributed by atoms with Gasteiger partial charge in [-0.1, -0.05) is 115 Å². The third-order valence-corrected chi connectivity index (χ3v) is 4.15. The Labute approximate surface area is 155 Å². The van der Waals surface area contributed by atoms with Crippen LogP contribution in [0.2, 0.25) is 0 Å². The summed E-state index contributed by atoms with van der Waals surface area (Å²) in [5.41, 5.74) is 5.78. The van der Waals surface area contributed by atoms with Crippen LogP contribution >= 0.6 is 0 Å². The lowest BCUT2D eigenvalue weighted by Crippen LogP contribution is -1.87. The zero-order valence-electron chi connectivity index (χ0n) is 14.6. The third kappa shape index (κ3) is 4.69. The molecule has 4 aromatic rings. The summed E-state index contributed by atoms with van der Waals surface area (Å²) in [7, 11) is 0. The van der Waals surface area contributed by atoms with Gasteiger partial charge in [0.25, 0.3) is 0 Å².